The first kappa shape index (κ1) is 14.7. The molecule has 0 radical (unpaired) electrons. The van der Waals surface area contributed by atoms with E-state index in [4.69, 9.17) is 10.8 Å². The number of hydrogen-bond donors (Lipinski definition) is 2. The van der Waals surface area contributed by atoms with Gasteiger partial charge in [-0.3, -0.25) is 9.69 Å². The number of hydrogen-bond acceptors (Lipinski definition) is 6. The normalized spacial score (nSPS) is 28.2. The van der Waals surface area contributed by atoms with Gasteiger partial charge in [-0.1, -0.05) is 6.42 Å². The number of carboxylic acid groups (broad SMARTS) is 1. The number of nitrogens with zero attached hydrogens (tertiary/aromatic N) is 3. The van der Waals surface area contributed by atoms with E-state index in [2.05, 4.69) is 21.7 Å². The summed E-state index contributed by atoms with van der Waals surface area (Å²) >= 11 is 1.50. The third-order valence-corrected chi connectivity index (χ3v) is 5.42. The quantitative estimate of drug-likeness (QED) is 0.875. The summed E-state index contributed by atoms with van der Waals surface area (Å²) in [4.78, 5) is 20.3. The summed E-state index contributed by atoms with van der Waals surface area (Å²) in [7, 11) is 0. The van der Waals surface area contributed by atoms with E-state index in [1.165, 1.54) is 37.1 Å². The highest BCUT2D eigenvalue weighted by molar-refractivity contribution is 7.13. The van der Waals surface area contributed by atoms with Gasteiger partial charge in [0.1, 0.15) is 6.04 Å². The molecule has 2 aliphatic heterocycles. The average Bonchev–Trinajstić information content (AvgIpc) is 2.95. The lowest BCUT2D eigenvalue weighted by atomic mass is 9.97. The van der Waals surface area contributed by atoms with Crippen LogP contribution in [-0.2, 0) is 4.79 Å². The minimum Gasteiger partial charge on any atom is -0.480 e. The number of aromatic nitrogens is 1. The summed E-state index contributed by atoms with van der Waals surface area (Å²) in [6.07, 6.45) is 3.85. The fraction of sp³-hybridized carbons (Fsp3) is 0.714. The van der Waals surface area contributed by atoms with Crippen molar-refractivity contribution in [3.05, 3.63) is 11.1 Å². The van der Waals surface area contributed by atoms with E-state index in [0.717, 1.165) is 18.2 Å². The second-order valence-electron chi connectivity index (χ2n) is 6.02. The summed E-state index contributed by atoms with van der Waals surface area (Å²) < 4.78 is 0. The van der Waals surface area contributed by atoms with Gasteiger partial charge in [-0.2, -0.15) is 0 Å². The van der Waals surface area contributed by atoms with E-state index >= 15 is 0 Å². The molecule has 2 aliphatic rings. The van der Waals surface area contributed by atoms with Crippen LogP contribution in [0.1, 0.15) is 37.9 Å². The number of carbonyl (C=O) groups is 1. The van der Waals surface area contributed by atoms with Crippen LogP contribution in [0.5, 0.6) is 0 Å². The van der Waals surface area contributed by atoms with Crippen molar-refractivity contribution in [2.24, 2.45) is 5.73 Å². The number of fused-ring (bicyclic) bond motifs is 1. The fourth-order valence-corrected chi connectivity index (χ4v) is 4.27. The molecule has 7 heteroatoms. The molecule has 3 N–H and O–H groups in total. The molecule has 3 unspecified atom stereocenters. The predicted molar refractivity (Wildman–Crippen MR) is 82.7 cm³/mol. The van der Waals surface area contributed by atoms with Crippen molar-refractivity contribution in [3.63, 3.8) is 0 Å². The molecule has 0 amide bonds. The molecule has 0 saturated carbocycles. The standard InChI is InChI=1S/C14H22N4O2S/c1-9-6-17-5-3-2-4-10(17)7-18(9)14-16-11(8-21-14)12(15)13(19)20/h8-10,12H,2-7,15H2,1H3,(H,19,20). The zero-order chi connectivity index (χ0) is 15.0. The van der Waals surface area contributed by atoms with Crippen molar-refractivity contribution >= 4 is 22.4 Å². The van der Waals surface area contributed by atoms with Gasteiger partial charge in [-0.25, -0.2) is 4.98 Å². The van der Waals surface area contributed by atoms with Gasteiger partial charge in [0.05, 0.1) is 5.69 Å². The lowest BCUT2D eigenvalue weighted by Crippen LogP contribution is -2.58. The Morgan fingerprint density at radius 3 is 3.10 bits per heavy atom. The lowest BCUT2D eigenvalue weighted by molar-refractivity contribution is -0.138. The van der Waals surface area contributed by atoms with E-state index in [1.807, 2.05) is 0 Å². The maximum Gasteiger partial charge on any atom is 0.326 e. The van der Waals surface area contributed by atoms with Crippen molar-refractivity contribution < 1.29 is 9.90 Å². The molecule has 6 nitrogen and oxygen atoms in total. The van der Waals surface area contributed by atoms with E-state index in [0.29, 0.717) is 17.8 Å². The minimum atomic E-state index is -1.03. The first-order valence-electron chi connectivity index (χ1n) is 7.50. The Hall–Kier alpha value is -1.18. The van der Waals surface area contributed by atoms with Gasteiger partial charge in [0.25, 0.3) is 0 Å². The molecule has 0 aliphatic carbocycles. The van der Waals surface area contributed by atoms with E-state index in [9.17, 15) is 4.79 Å². The van der Waals surface area contributed by atoms with Gasteiger partial charge in [-0.05, 0) is 26.3 Å². The first-order valence-corrected chi connectivity index (χ1v) is 8.38. The highest BCUT2D eigenvalue weighted by Crippen LogP contribution is 2.31. The maximum atomic E-state index is 11.0. The second-order valence-corrected chi connectivity index (χ2v) is 6.85. The van der Waals surface area contributed by atoms with Crippen molar-refractivity contribution in [1.82, 2.24) is 9.88 Å². The molecule has 2 saturated heterocycles. The van der Waals surface area contributed by atoms with E-state index in [-0.39, 0.29) is 0 Å². The van der Waals surface area contributed by atoms with E-state index in [1.54, 1.807) is 5.38 Å². The molecule has 21 heavy (non-hydrogen) atoms. The molecule has 0 bridgehead atoms. The molecule has 0 spiro atoms. The Bertz CT molecular complexity index is 521. The van der Waals surface area contributed by atoms with Crippen LogP contribution in [-0.4, -0.2) is 52.7 Å². The van der Waals surface area contributed by atoms with Gasteiger partial charge in [-0.15, -0.1) is 11.3 Å². The molecule has 3 rings (SSSR count). The lowest BCUT2D eigenvalue weighted by Gasteiger charge is -2.47. The summed E-state index contributed by atoms with van der Waals surface area (Å²) in [6.45, 7) is 5.46. The second kappa shape index (κ2) is 5.90. The first-order chi connectivity index (χ1) is 10.1. The molecule has 3 heterocycles. The Morgan fingerprint density at radius 2 is 2.33 bits per heavy atom. The van der Waals surface area contributed by atoms with Gasteiger partial charge < -0.3 is 15.7 Å². The number of piperidine rings is 1. The van der Waals surface area contributed by atoms with Gasteiger partial charge >= 0.3 is 5.97 Å². The Kier molecular flexibility index (Phi) is 4.14. The van der Waals surface area contributed by atoms with Crippen molar-refractivity contribution in [2.45, 2.75) is 44.3 Å². The Balaban J connectivity index is 1.75. The minimum absolute atomic E-state index is 0.402. The monoisotopic (exact) mass is 310 g/mol. The van der Waals surface area contributed by atoms with Crippen molar-refractivity contribution in [1.29, 1.82) is 0 Å². The van der Waals surface area contributed by atoms with Crippen LogP contribution in [0, 0.1) is 0 Å². The topological polar surface area (TPSA) is 82.7 Å². The average molecular weight is 310 g/mol. The molecule has 3 atom stereocenters. The zero-order valence-electron chi connectivity index (χ0n) is 12.2. The summed E-state index contributed by atoms with van der Waals surface area (Å²) in [5, 5.41) is 11.7. The Morgan fingerprint density at radius 1 is 1.52 bits per heavy atom. The SMILES string of the molecule is CC1CN2CCCCC2CN1c1nc(C(N)C(=O)O)cs1. The summed E-state index contributed by atoms with van der Waals surface area (Å²) in [6, 6.07) is -0.0175. The highest BCUT2D eigenvalue weighted by atomic mass is 32.1. The van der Waals surface area contributed by atoms with Gasteiger partial charge in [0.15, 0.2) is 5.13 Å². The molecular formula is C14H22N4O2S. The molecule has 1 aromatic rings. The van der Waals surface area contributed by atoms with Gasteiger partial charge in [0.2, 0.25) is 0 Å². The summed E-state index contributed by atoms with van der Waals surface area (Å²) in [5.74, 6) is -1.03. The van der Waals surface area contributed by atoms with Crippen LogP contribution in [0.3, 0.4) is 0 Å². The number of nitrogens with two attached hydrogens (primary N) is 1. The molecule has 116 valence electrons. The number of rotatable bonds is 3. The summed E-state index contributed by atoms with van der Waals surface area (Å²) in [5.41, 5.74) is 6.10. The van der Waals surface area contributed by atoms with Crippen molar-refractivity contribution in [2.75, 3.05) is 24.5 Å². The smallest absolute Gasteiger partial charge is 0.326 e. The molecule has 2 fully saturated rings. The third-order valence-electron chi connectivity index (χ3n) is 4.53. The number of carboxylic acids is 1. The van der Waals surface area contributed by atoms with Crippen LogP contribution < -0.4 is 10.6 Å². The van der Waals surface area contributed by atoms with Crippen LogP contribution in [0.2, 0.25) is 0 Å². The number of piperazine rings is 1. The highest BCUT2D eigenvalue weighted by Gasteiger charge is 2.34. The number of aliphatic carboxylic acids is 1. The van der Waals surface area contributed by atoms with Crippen LogP contribution in [0.25, 0.3) is 0 Å². The van der Waals surface area contributed by atoms with Crippen LogP contribution >= 0.6 is 11.3 Å². The van der Waals surface area contributed by atoms with Crippen molar-refractivity contribution in [3.8, 4) is 0 Å². The fourth-order valence-electron chi connectivity index (χ4n) is 3.30. The Labute approximate surface area is 128 Å². The number of thiazole rings is 1. The van der Waals surface area contributed by atoms with Crippen LogP contribution in [0.4, 0.5) is 5.13 Å². The third kappa shape index (κ3) is 2.90. The largest absolute Gasteiger partial charge is 0.480 e. The zero-order valence-corrected chi connectivity index (χ0v) is 13.1. The molecule has 1 aromatic heterocycles. The number of anilines is 1. The molecular weight excluding hydrogens is 288 g/mol. The van der Waals surface area contributed by atoms with Gasteiger partial charge in [0, 0.05) is 30.6 Å². The van der Waals surface area contributed by atoms with E-state index < -0.39 is 12.0 Å². The maximum absolute atomic E-state index is 11.0. The van der Waals surface area contributed by atoms with Crippen LogP contribution in [0.15, 0.2) is 5.38 Å². The predicted octanol–water partition coefficient (Wildman–Crippen LogP) is 1.29. The molecule has 0 aromatic carbocycles.